The minimum atomic E-state index is -0.785. The highest BCUT2D eigenvalue weighted by Gasteiger charge is 2.38. The summed E-state index contributed by atoms with van der Waals surface area (Å²) in [6.07, 6.45) is 3.51. The predicted octanol–water partition coefficient (Wildman–Crippen LogP) is 3.52. The fourth-order valence-electron chi connectivity index (χ4n) is 3.83. The molecule has 3 heteroatoms. The summed E-state index contributed by atoms with van der Waals surface area (Å²) in [6.45, 7) is 15.2. The lowest BCUT2D eigenvalue weighted by Gasteiger charge is -2.53. The topological polar surface area (TPSA) is 32.3 Å². The maximum Gasteiger partial charge on any atom is 0.0769 e. The van der Waals surface area contributed by atoms with Crippen LogP contribution in [0.1, 0.15) is 60.8 Å². The summed E-state index contributed by atoms with van der Waals surface area (Å²) >= 11 is 0. The molecule has 1 heterocycles. The summed E-state index contributed by atoms with van der Waals surface area (Å²) in [4.78, 5) is 0. The molecule has 1 fully saturated rings. The van der Waals surface area contributed by atoms with Gasteiger partial charge in [-0.2, -0.15) is 0 Å². The van der Waals surface area contributed by atoms with E-state index >= 15 is 0 Å². The van der Waals surface area contributed by atoms with Crippen LogP contribution in [-0.4, -0.2) is 45.3 Å². The molecule has 0 spiro atoms. The molecule has 0 aromatic carbocycles. The maximum atomic E-state index is 10.7. The first-order valence-electron chi connectivity index (χ1n) is 8.01. The smallest absolute Gasteiger partial charge is 0.0769 e. The number of hydrogen-bond donors (Lipinski definition) is 2. The second-order valence-electron chi connectivity index (χ2n) is 6.84. The van der Waals surface area contributed by atoms with Crippen molar-refractivity contribution >= 4 is 10.0 Å². The zero-order chi connectivity index (χ0) is 14.6. The normalized spacial score (nSPS) is 24.2. The van der Waals surface area contributed by atoms with Gasteiger partial charge in [0.25, 0.3) is 0 Å². The summed E-state index contributed by atoms with van der Waals surface area (Å²) in [5.74, 6) is 1.01. The fraction of sp³-hybridized carbons (Fsp3) is 1.00. The Hall–Kier alpha value is 0.270. The number of rotatable bonds is 6. The molecule has 0 amide bonds. The Bertz CT molecular complexity index is 238. The van der Waals surface area contributed by atoms with Crippen LogP contribution >= 0.6 is 10.0 Å². The first kappa shape index (κ1) is 17.3. The van der Waals surface area contributed by atoms with E-state index in [2.05, 4.69) is 46.9 Å². The zero-order valence-electron chi connectivity index (χ0n) is 13.8. The lowest BCUT2D eigenvalue weighted by molar-refractivity contribution is 0.133. The summed E-state index contributed by atoms with van der Waals surface area (Å²) < 4.78 is 0. The van der Waals surface area contributed by atoms with E-state index in [1.54, 1.807) is 0 Å². The van der Waals surface area contributed by atoms with Gasteiger partial charge in [-0.3, -0.25) is 0 Å². The van der Waals surface area contributed by atoms with Crippen molar-refractivity contribution in [3.8, 4) is 0 Å². The molecule has 0 aromatic rings. The molecule has 1 rings (SSSR count). The molecule has 0 bridgehead atoms. The Labute approximate surface area is 122 Å². The van der Waals surface area contributed by atoms with Crippen molar-refractivity contribution in [3.63, 3.8) is 0 Å². The van der Waals surface area contributed by atoms with Gasteiger partial charge >= 0.3 is 0 Å². The largest absolute Gasteiger partial charge is 0.391 e. The highest BCUT2D eigenvalue weighted by molar-refractivity contribution is 8.35. The first-order valence-corrected chi connectivity index (χ1v) is 10.0. The van der Waals surface area contributed by atoms with Crippen LogP contribution in [0.15, 0.2) is 0 Å². The number of piperidine rings is 1. The average Bonchev–Trinajstić information content (AvgIpc) is 2.35. The lowest BCUT2D eigenvalue weighted by Crippen LogP contribution is -2.48. The van der Waals surface area contributed by atoms with Crippen molar-refractivity contribution in [2.24, 2.45) is 0 Å². The molecule has 0 aliphatic carbocycles. The minimum absolute atomic E-state index is 0.164. The van der Waals surface area contributed by atoms with E-state index in [0.29, 0.717) is 21.8 Å². The molecule has 2 atom stereocenters. The van der Waals surface area contributed by atoms with Gasteiger partial charge in [0, 0.05) is 11.8 Å². The Morgan fingerprint density at radius 1 is 1.00 bits per heavy atom. The van der Waals surface area contributed by atoms with Crippen molar-refractivity contribution in [2.75, 3.05) is 12.3 Å². The van der Waals surface area contributed by atoms with Crippen LogP contribution in [0.4, 0.5) is 0 Å². The van der Waals surface area contributed by atoms with E-state index < -0.39 is 10.0 Å². The maximum absolute atomic E-state index is 10.7. The van der Waals surface area contributed by atoms with E-state index in [0.717, 1.165) is 18.7 Å². The Morgan fingerprint density at radius 2 is 1.53 bits per heavy atom. The third kappa shape index (κ3) is 3.89. The highest BCUT2D eigenvalue weighted by Crippen LogP contribution is 2.60. The van der Waals surface area contributed by atoms with Crippen molar-refractivity contribution < 1.29 is 5.11 Å². The molecule has 1 aliphatic rings. The Balaban J connectivity index is 2.81. The highest BCUT2D eigenvalue weighted by atomic mass is 32.3. The molecular weight excluding hydrogens is 254 g/mol. The SMILES string of the molecule is CC(C)S(C[C@@H](O)[C@@H]1CCCCN1)(C(C)C)C(C)C. The molecule has 0 saturated carbocycles. The fourth-order valence-corrected chi connectivity index (χ4v) is 9.07. The molecule has 0 aromatic heterocycles. The Kier molecular flexibility index (Phi) is 6.68. The number of nitrogens with one attached hydrogen (secondary N) is 1. The lowest BCUT2D eigenvalue weighted by atomic mass is 10.0. The van der Waals surface area contributed by atoms with Crippen LogP contribution in [0.25, 0.3) is 0 Å². The van der Waals surface area contributed by atoms with Gasteiger partial charge < -0.3 is 10.4 Å². The molecule has 19 heavy (non-hydrogen) atoms. The van der Waals surface area contributed by atoms with Gasteiger partial charge in [-0.15, -0.1) is 0 Å². The van der Waals surface area contributed by atoms with Crippen molar-refractivity contribution in [3.05, 3.63) is 0 Å². The molecule has 2 nitrogen and oxygen atoms in total. The quantitative estimate of drug-likeness (QED) is 0.784. The van der Waals surface area contributed by atoms with E-state index in [1.165, 1.54) is 12.8 Å². The molecule has 1 aliphatic heterocycles. The Morgan fingerprint density at radius 3 is 1.89 bits per heavy atom. The first-order chi connectivity index (χ1) is 8.82. The van der Waals surface area contributed by atoms with Gasteiger partial charge in [0.05, 0.1) is 6.10 Å². The van der Waals surface area contributed by atoms with Crippen molar-refractivity contribution in [2.45, 2.75) is 88.7 Å². The number of aliphatic hydroxyl groups excluding tert-OH is 1. The zero-order valence-corrected chi connectivity index (χ0v) is 14.6. The van der Waals surface area contributed by atoms with E-state index in [-0.39, 0.29) is 6.10 Å². The van der Waals surface area contributed by atoms with Crippen LogP contribution in [0, 0.1) is 0 Å². The second kappa shape index (κ2) is 7.33. The third-order valence-corrected chi connectivity index (χ3v) is 11.1. The van der Waals surface area contributed by atoms with Crippen LogP contribution in [0.2, 0.25) is 0 Å². The van der Waals surface area contributed by atoms with Gasteiger partial charge in [0.2, 0.25) is 0 Å². The van der Waals surface area contributed by atoms with Gasteiger partial charge in [0.15, 0.2) is 0 Å². The summed E-state index contributed by atoms with van der Waals surface area (Å²) in [6, 6.07) is 0.330. The van der Waals surface area contributed by atoms with E-state index in [9.17, 15) is 5.11 Å². The monoisotopic (exact) mass is 289 g/mol. The molecule has 0 radical (unpaired) electrons. The number of aliphatic hydroxyl groups is 1. The van der Waals surface area contributed by atoms with Crippen LogP contribution in [0.5, 0.6) is 0 Å². The molecule has 116 valence electrons. The molecule has 2 N–H and O–H groups in total. The van der Waals surface area contributed by atoms with Crippen LogP contribution in [-0.2, 0) is 0 Å². The van der Waals surface area contributed by atoms with Gasteiger partial charge in [-0.25, -0.2) is 10.0 Å². The van der Waals surface area contributed by atoms with Crippen LogP contribution in [0.3, 0.4) is 0 Å². The standard InChI is InChI=1S/C16H35NOS/c1-12(2)19(13(3)4,14(5)6)11-16(18)15-9-7-8-10-17-15/h12-18H,7-11H2,1-6H3/t15-,16+/m0/s1. The molecular formula is C16H35NOS. The van der Waals surface area contributed by atoms with Gasteiger partial charge in [-0.1, -0.05) is 48.0 Å². The minimum Gasteiger partial charge on any atom is -0.391 e. The molecule has 0 unspecified atom stereocenters. The summed E-state index contributed by atoms with van der Waals surface area (Å²) in [7, 11) is -0.785. The van der Waals surface area contributed by atoms with Crippen molar-refractivity contribution in [1.29, 1.82) is 0 Å². The van der Waals surface area contributed by atoms with Crippen LogP contribution < -0.4 is 5.32 Å². The second-order valence-corrected chi connectivity index (χ2v) is 11.8. The van der Waals surface area contributed by atoms with Gasteiger partial charge in [-0.05, 0) is 35.1 Å². The average molecular weight is 290 g/mol. The summed E-state index contributed by atoms with van der Waals surface area (Å²) in [5.41, 5.74) is 0. The van der Waals surface area contributed by atoms with E-state index in [4.69, 9.17) is 0 Å². The van der Waals surface area contributed by atoms with Crippen molar-refractivity contribution in [1.82, 2.24) is 5.32 Å². The third-order valence-electron chi connectivity index (χ3n) is 4.91. The number of hydrogen-bond acceptors (Lipinski definition) is 2. The van der Waals surface area contributed by atoms with Gasteiger partial charge in [0.1, 0.15) is 0 Å². The predicted molar refractivity (Wildman–Crippen MR) is 89.5 cm³/mol. The summed E-state index contributed by atoms with van der Waals surface area (Å²) in [5, 5.41) is 16.3. The molecule has 1 saturated heterocycles. The van der Waals surface area contributed by atoms with E-state index in [1.807, 2.05) is 0 Å².